The zero-order chi connectivity index (χ0) is 30.7. The third-order valence-corrected chi connectivity index (χ3v) is 9.04. The van der Waals surface area contributed by atoms with E-state index < -0.39 is 21.4 Å². The van der Waals surface area contributed by atoms with Gasteiger partial charge in [-0.15, -0.1) is 4.36 Å². The van der Waals surface area contributed by atoms with Crippen LogP contribution in [0, 0.1) is 17.8 Å². The first kappa shape index (κ1) is 31.7. The molecule has 1 saturated carbocycles. The van der Waals surface area contributed by atoms with E-state index in [9.17, 15) is 14.1 Å². The van der Waals surface area contributed by atoms with Crippen molar-refractivity contribution in [3.05, 3.63) is 76.5 Å². The molecule has 7 nitrogen and oxygen atoms in total. The number of aromatic nitrogens is 2. The van der Waals surface area contributed by atoms with Crippen LogP contribution < -0.4 is 5.14 Å². The molecule has 1 aliphatic carbocycles. The minimum Gasteiger partial charge on any atom is -0.384 e. The predicted octanol–water partition coefficient (Wildman–Crippen LogP) is 6.75. The van der Waals surface area contributed by atoms with E-state index in [-0.39, 0.29) is 23.3 Å². The lowest BCUT2D eigenvalue weighted by molar-refractivity contribution is -0.117. The molecule has 0 radical (unpaired) electrons. The van der Waals surface area contributed by atoms with Gasteiger partial charge in [0.05, 0.1) is 17.8 Å². The zero-order valence-electron chi connectivity index (χ0n) is 25.7. The maximum absolute atomic E-state index is 13.7. The predicted molar refractivity (Wildman–Crippen MR) is 169 cm³/mol. The third kappa shape index (κ3) is 7.57. The van der Waals surface area contributed by atoms with Crippen molar-refractivity contribution in [2.75, 3.05) is 0 Å². The van der Waals surface area contributed by atoms with Crippen LogP contribution in [0.3, 0.4) is 0 Å². The number of rotatable bonds is 7. The van der Waals surface area contributed by atoms with Gasteiger partial charge in [-0.2, -0.15) is 5.10 Å². The van der Waals surface area contributed by atoms with Gasteiger partial charge >= 0.3 is 0 Å². The molecular weight excluding hydrogens is 544 g/mol. The molecule has 2 aromatic carbocycles. The van der Waals surface area contributed by atoms with E-state index in [1.807, 2.05) is 30.3 Å². The van der Waals surface area contributed by atoms with Gasteiger partial charge in [-0.3, -0.25) is 4.79 Å². The van der Waals surface area contributed by atoms with Crippen LogP contribution in [-0.4, -0.2) is 25.0 Å². The fraction of sp³-hybridized carbons (Fsp3) is 0.471. The van der Waals surface area contributed by atoms with E-state index in [0.29, 0.717) is 17.3 Å². The molecule has 1 fully saturated rings. The van der Waals surface area contributed by atoms with Crippen LogP contribution in [-0.2, 0) is 26.7 Å². The monoisotopic (exact) mass is 588 g/mol. The van der Waals surface area contributed by atoms with Crippen LogP contribution in [0.2, 0.25) is 0 Å². The number of hydrogen-bond acceptors (Lipinski definition) is 4. The lowest BCUT2D eigenvalue weighted by atomic mass is 9.85. The van der Waals surface area contributed by atoms with Crippen molar-refractivity contribution in [3.8, 4) is 17.5 Å². The summed E-state index contributed by atoms with van der Waals surface area (Å²) in [5.74, 6) is 7.09. The quantitative estimate of drug-likeness (QED) is 0.298. The summed E-state index contributed by atoms with van der Waals surface area (Å²) >= 11 is 0. The van der Waals surface area contributed by atoms with Gasteiger partial charge in [0.15, 0.2) is 14.9 Å². The molecule has 1 atom stereocenters. The van der Waals surface area contributed by atoms with Crippen LogP contribution in [0.15, 0.2) is 57.9 Å². The van der Waals surface area contributed by atoms with Gasteiger partial charge < -0.3 is 5.11 Å². The number of nitrogens with two attached hydrogens (primary N) is 1. The first-order valence-electron chi connectivity index (χ1n) is 14.9. The van der Waals surface area contributed by atoms with Crippen molar-refractivity contribution >= 4 is 15.8 Å². The van der Waals surface area contributed by atoms with Crippen molar-refractivity contribution in [2.45, 2.75) is 103 Å². The minimum atomic E-state index is -3.68. The molecule has 3 aromatic rings. The molecule has 0 aliphatic heterocycles. The van der Waals surface area contributed by atoms with Gasteiger partial charge in [0.2, 0.25) is 0 Å². The molecule has 1 amide bonds. The highest BCUT2D eigenvalue weighted by Crippen LogP contribution is 2.31. The van der Waals surface area contributed by atoms with E-state index in [2.05, 4.69) is 61.1 Å². The number of hydrogen-bond donors (Lipinski definition) is 2. The van der Waals surface area contributed by atoms with E-state index in [1.54, 1.807) is 13.8 Å². The minimum absolute atomic E-state index is 0.0245. The van der Waals surface area contributed by atoms with E-state index >= 15 is 0 Å². The molecule has 224 valence electrons. The first-order valence-corrected chi connectivity index (χ1v) is 16.5. The number of nitrogens with zero attached hydrogens (tertiary/aromatic N) is 3. The summed E-state index contributed by atoms with van der Waals surface area (Å²) in [4.78, 5) is 13.4. The molecule has 42 heavy (non-hydrogen) atoms. The average molecular weight is 589 g/mol. The summed E-state index contributed by atoms with van der Waals surface area (Å²) in [5, 5.41) is 21.4. The molecule has 0 saturated heterocycles. The van der Waals surface area contributed by atoms with Crippen molar-refractivity contribution in [2.24, 2.45) is 15.4 Å². The number of carbonyl (C=O) groups is 1. The van der Waals surface area contributed by atoms with Crippen LogP contribution in [0.1, 0.15) is 113 Å². The fourth-order valence-corrected chi connectivity index (χ4v) is 6.48. The molecule has 4 rings (SSSR count). The summed E-state index contributed by atoms with van der Waals surface area (Å²) in [6.07, 6.45) is 6.08. The Morgan fingerprint density at radius 3 is 2.21 bits per heavy atom. The second kappa shape index (κ2) is 12.9. The average Bonchev–Trinajstić information content (AvgIpc) is 3.40. The highest BCUT2D eigenvalue weighted by Gasteiger charge is 2.27. The smallest absolute Gasteiger partial charge is 0.259 e. The van der Waals surface area contributed by atoms with Gasteiger partial charge in [-0.05, 0) is 79.5 Å². The number of amides is 1. The van der Waals surface area contributed by atoms with Gasteiger partial charge in [0.1, 0.15) is 5.60 Å². The normalized spacial score (nSPS) is 15.8. The third-order valence-electron chi connectivity index (χ3n) is 7.77. The molecular formula is C34H44N4O3S. The van der Waals surface area contributed by atoms with Crippen molar-refractivity contribution in [1.82, 2.24) is 9.78 Å². The number of benzene rings is 2. The van der Waals surface area contributed by atoms with Gasteiger partial charge in [0.25, 0.3) is 5.91 Å². The molecule has 1 heterocycles. The fourth-order valence-electron chi connectivity index (χ4n) is 5.54. The lowest BCUT2D eigenvalue weighted by Gasteiger charge is -2.20. The van der Waals surface area contributed by atoms with Gasteiger partial charge in [-0.25, -0.2) is 14.0 Å². The molecule has 8 heteroatoms. The Morgan fingerprint density at radius 2 is 1.67 bits per heavy atom. The Bertz CT molecular complexity index is 1580. The van der Waals surface area contributed by atoms with Gasteiger partial charge in [-0.1, -0.05) is 77.0 Å². The molecule has 1 aromatic heterocycles. The van der Waals surface area contributed by atoms with Gasteiger partial charge in [0, 0.05) is 17.5 Å². The van der Waals surface area contributed by atoms with E-state index in [1.165, 1.54) is 30.0 Å². The first-order chi connectivity index (χ1) is 19.8. The molecule has 0 bridgehead atoms. The maximum atomic E-state index is 13.7. The molecule has 0 spiro atoms. The topological polar surface area (TPSA) is 111 Å². The van der Waals surface area contributed by atoms with Crippen LogP contribution >= 0.6 is 0 Å². The van der Waals surface area contributed by atoms with Crippen molar-refractivity contribution in [3.63, 3.8) is 0 Å². The Balaban J connectivity index is 1.70. The standard InChI is InChI=1S/C34H44N4O3S/c1-23(2)28-19-26(18-17-25-13-9-7-10-14-25)20-29(24(3)4)30(28)21-32(39)37-42(35,41)33-22-31(34(5,6)40)38(36-33)27-15-11-8-12-16-27/h8,11-12,15-16,19-20,22-25,40H,7,9-10,13-14,21H2,1-6H3,(H2,35,37,39,41). The maximum Gasteiger partial charge on any atom is 0.259 e. The van der Waals surface area contributed by atoms with Crippen LogP contribution in [0.5, 0.6) is 0 Å². The molecule has 3 N–H and O–H groups in total. The Morgan fingerprint density at radius 1 is 1.07 bits per heavy atom. The number of para-hydroxylation sites is 1. The molecule has 1 aliphatic rings. The van der Waals surface area contributed by atoms with Crippen molar-refractivity contribution < 1.29 is 14.1 Å². The zero-order valence-corrected chi connectivity index (χ0v) is 26.5. The lowest BCUT2D eigenvalue weighted by Crippen LogP contribution is -2.20. The second-order valence-corrected chi connectivity index (χ2v) is 14.2. The largest absolute Gasteiger partial charge is 0.384 e. The summed E-state index contributed by atoms with van der Waals surface area (Å²) in [5.41, 5.74) is 3.68. The van der Waals surface area contributed by atoms with Crippen LogP contribution in [0.4, 0.5) is 0 Å². The van der Waals surface area contributed by atoms with Crippen LogP contribution in [0.25, 0.3) is 5.69 Å². The number of carbonyl (C=O) groups excluding carboxylic acids is 1. The highest BCUT2D eigenvalue weighted by atomic mass is 32.2. The Hall–Kier alpha value is -3.25. The SMILES string of the molecule is CC(C)c1cc(C#CC2CCCCC2)cc(C(C)C)c1CC(=O)N=S(N)(=O)c1cc(C(C)(C)O)n(-c2ccccc2)n1. The number of aliphatic hydroxyl groups is 1. The highest BCUT2D eigenvalue weighted by molar-refractivity contribution is 7.91. The Labute approximate surface area is 251 Å². The van der Waals surface area contributed by atoms with E-state index in [4.69, 9.17) is 5.14 Å². The summed E-state index contributed by atoms with van der Waals surface area (Å²) < 4.78 is 19.1. The van der Waals surface area contributed by atoms with Crippen molar-refractivity contribution in [1.29, 1.82) is 0 Å². The summed E-state index contributed by atoms with van der Waals surface area (Å²) in [6.45, 7) is 11.6. The van der Waals surface area contributed by atoms with E-state index in [0.717, 1.165) is 35.1 Å². The molecule has 1 unspecified atom stereocenters. The Kier molecular flexibility index (Phi) is 9.77. The summed E-state index contributed by atoms with van der Waals surface area (Å²) in [7, 11) is -3.68. The summed E-state index contributed by atoms with van der Waals surface area (Å²) in [6, 6.07) is 14.8. The second-order valence-electron chi connectivity index (χ2n) is 12.5.